The molecule has 1 aliphatic heterocycles. The number of hydrogen-bond donors (Lipinski definition) is 1. The molecule has 1 fully saturated rings. The number of piperidine rings is 1. The predicted octanol–water partition coefficient (Wildman–Crippen LogP) is 6.02. The van der Waals surface area contributed by atoms with E-state index in [4.69, 9.17) is 4.74 Å². The van der Waals surface area contributed by atoms with Gasteiger partial charge in [-0.25, -0.2) is 4.79 Å². The first-order valence-corrected chi connectivity index (χ1v) is 14.0. The summed E-state index contributed by atoms with van der Waals surface area (Å²) >= 11 is 0. The third kappa shape index (κ3) is 4.46. The molecule has 0 bridgehead atoms. The molecule has 206 valence electrons. The number of nitriles is 1. The molecular weight excluding hydrogens is 512 g/mol. The van der Waals surface area contributed by atoms with Crippen molar-refractivity contribution in [2.45, 2.75) is 31.7 Å². The van der Waals surface area contributed by atoms with Gasteiger partial charge in [-0.15, -0.1) is 0 Å². The van der Waals surface area contributed by atoms with Crippen molar-refractivity contribution in [3.05, 3.63) is 113 Å². The highest BCUT2D eigenvalue weighted by molar-refractivity contribution is 5.91. The smallest absolute Gasteiger partial charge is 0.326 e. The largest absolute Gasteiger partial charge is 0.496 e. The molecule has 1 N–H and O–H groups in total. The molecule has 2 atom stereocenters. The Balaban J connectivity index is 1.38. The Bertz CT molecular complexity index is 1840. The maximum absolute atomic E-state index is 14.4. The number of ether oxygens (including phenoxy) is 1. The topological polar surface area (TPSA) is 91.1 Å². The number of nitrogens with one attached hydrogen (secondary N) is 1. The van der Waals surface area contributed by atoms with Crippen molar-refractivity contribution in [3.63, 3.8) is 0 Å². The monoisotopic (exact) mass is 544 g/mol. The van der Waals surface area contributed by atoms with Crippen LogP contribution in [0.25, 0.3) is 21.8 Å². The van der Waals surface area contributed by atoms with Crippen molar-refractivity contribution in [2.24, 2.45) is 5.41 Å². The molecule has 1 saturated heterocycles. The number of carbonyl (C=O) groups is 1. The summed E-state index contributed by atoms with van der Waals surface area (Å²) in [4.78, 5) is 32.0. The first-order chi connectivity index (χ1) is 20.0. The first kappa shape index (κ1) is 26.4. The van der Waals surface area contributed by atoms with E-state index in [-0.39, 0.29) is 17.6 Å². The third-order valence-electron chi connectivity index (χ3n) is 8.58. The van der Waals surface area contributed by atoms with E-state index in [9.17, 15) is 14.9 Å². The molecule has 7 heteroatoms. The number of aromatic amines is 1. The lowest BCUT2D eigenvalue weighted by Crippen LogP contribution is -2.49. The van der Waals surface area contributed by atoms with Crippen LogP contribution in [0.1, 0.15) is 42.9 Å². The lowest BCUT2D eigenvalue weighted by Gasteiger charge is -2.39. The summed E-state index contributed by atoms with van der Waals surface area (Å²) in [6.45, 7) is 2.67. The van der Waals surface area contributed by atoms with Crippen LogP contribution in [0.3, 0.4) is 0 Å². The van der Waals surface area contributed by atoms with Gasteiger partial charge in [0.15, 0.2) is 0 Å². The van der Waals surface area contributed by atoms with Crippen molar-refractivity contribution >= 4 is 27.7 Å². The second-order valence-electron chi connectivity index (χ2n) is 10.9. The molecule has 41 heavy (non-hydrogen) atoms. The Morgan fingerprint density at radius 3 is 2.39 bits per heavy atom. The molecule has 1 aromatic heterocycles. The number of hydrogen-bond acceptors (Lipinski definition) is 4. The molecular formula is C34H32N4O3. The molecule has 6 rings (SSSR count). The minimum Gasteiger partial charge on any atom is -0.496 e. The van der Waals surface area contributed by atoms with Gasteiger partial charge < -0.3 is 14.6 Å². The minimum atomic E-state index is -1.41. The lowest BCUT2D eigenvalue weighted by atomic mass is 9.68. The number of amides is 1. The number of benzene rings is 4. The number of aromatic nitrogens is 2. The number of likely N-dealkylation sites (tertiary alicyclic amines) is 1. The van der Waals surface area contributed by atoms with Gasteiger partial charge in [0.25, 0.3) is 0 Å². The number of fused-ring (bicyclic) bond motifs is 2. The molecule has 4 aromatic carbocycles. The van der Waals surface area contributed by atoms with Crippen molar-refractivity contribution in [3.8, 4) is 11.8 Å². The summed E-state index contributed by atoms with van der Waals surface area (Å²) in [6.07, 6.45) is 1.26. The highest BCUT2D eigenvalue weighted by Crippen LogP contribution is 2.47. The number of nitrogens with zero attached hydrogens (tertiary/aromatic N) is 3. The van der Waals surface area contributed by atoms with Crippen LogP contribution >= 0.6 is 0 Å². The van der Waals surface area contributed by atoms with E-state index in [0.29, 0.717) is 31.7 Å². The lowest BCUT2D eigenvalue weighted by molar-refractivity contribution is -0.140. The summed E-state index contributed by atoms with van der Waals surface area (Å²) < 4.78 is 7.57. The number of carbonyl (C=O) groups excluding carboxylic acids is 1. The number of H-pyrrole nitrogens is 1. The standard InChI is InChI=1S/C34H32N4O3/c1-34(22-35,32(39)37-20-18-24(19-21-37)38-29-16-7-6-15-28(29)36-33(38)40)31(27-13-5-8-17-30(27)41-2)26-14-9-11-23-10-3-4-12-25(23)26/h3-17,24,31H,18-21H2,1-2H3,(H,36,40)/t31-,34+/m0/s1. The Hall–Kier alpha value is -4.83. The predicted molar refractivity (Wildman–Crippen MR) is 160 cm³/mol. The molecule has 0 unspecified atom stereocenters. The zero-order valence-electron chi connectivity index (χ0n) is 23.2. The van der Waals surface area contributed by atoms with Crippen LogP contribution in [0.5, 0.6) is 5.75 Å². The fourth-order valence-corrected chi connectivity index (χ4v) is 6.52. The summed E-state index contributed by atoms with van der Waals surface area (Å²) in [5.41, 5.74) is 1.84. The van der Waals surface area contributed by atoms with Crippen molar-refractivity contribution < 1.29 is 9.53 Å². The number of para-hydroxylation sites is 3. The van der Waals surface area contributed by atoms with Gasteiger partial charge in [-0.2, -0.15) is 5.26 Å². The number of rotatable bonds is 6. The van der Waals surface area contributed by atoms with Gasteiger partial charge in [-0.05, 0) is 54.3 Å². The van der Waals surface area contributed by atoms with Crippen LogP contribution in [-0.2, 0) is 4.79 Å². The average molecular weight is 545 g/mol. The van der Waals surface area contributed by atoms with Crippen LogP contribution in [-0.4, -0.2) is 40.6 Å². The van der Waals surface area contributed by atoms with Gasteiger partial charge in [0, 0.05) is 30.6 Å². The summed E-state index contributed by atoms with van der Waals surface area (Å²) in [5, 5.41) is 12.8. The maximum atomic E-state index is 14.4. The molecule has 1 amide bonds. The Morgan fingerprint density at radius 1 is 0.951 bits per heavy atom. The Morgan fingerprint density at radius 2 is 1.61 bits per heavy atom. The van der Waals surface area contributed by atoms with Crippen LogP contribution < -0.4 is 10.4 Å². The molecule has 0 spiro atoms. The van der Waals surface area contributed by atoms with Gasteiger partial charge in [0.05, 0.1) is 24.2 Å². The molecule has 1 aliphatic rings. The number of imidazole rings is 1. The van der Waals surface area contributed by atoms with Gasteiger partial charge >= 0.3 is 5.69 Å². The third-order valence-corrected chi connectivity index (χ3v) is 8.58. The van der Waals surface area contributed by atoms with Crippen LogP contribution in [0.4, 0.5) is 0 Å². The maximum Gasteiger partial charge on any atom is 0.326 e. The highest BCUT2D eigenvalue weighted by atomic mass is 16.5. The molecule has 0 aliphatic carbocycles. The SMILES string of the molecule is COc1ccccc1[C@H](c1cccc2ccccc12)[C@@](C)(C#N)C(=O)N1CCC(n2c(=O)[nH]c3ccccc32)CC1. The van der Waals surface area contributed by atoms with Gasteiger partial charge in [-0.3, -0.25) is 9.36 Å². The van der Waals surface area contributed by atoms with E-state index in [2.05, 4.69) is 11.1 Å². The molecule has 2 heterocycles. The molecule has 5 aromatic rings. The number of methoxy groups -OCH3 is 1. The van der Waals surface area contributed by atoms with E-state index in [1.54, 1.807) is 18.9 Å². The van der Waals surface area contributed by atoms with Gasteiger partial charge in [0.2, 0.25) is 5.91 Å². The zero-order valence-corrected chi connectivity index (χ0v) is 23.2. The van der Waals surface area contributed by atoms with Gasteiger partial charge in [0.1, 0.15) is 11.2 Å². The summed E-state index contributed by atoms with van der Waals surface area (Å²) in [7, 11) is 1.61. The normalized spacial score (nSPS) is 16.3. The first-order valence-electron chi connectivity index (χ1n) is 14.0. The highest BCUT2D eigenvalue weighted by Gasteiger charge is 2.48. The van der Waals surface area contributed by atoms with Crippen LogP contribution in [0.15, 0.2) is 95.8 Å². The van der Waals surface area contributed by atoms with E-state index in [1.807, 2.05) is 95.6 Å². The van der Waals surface area contributed by atoms with Crippen molar-refractivity contribution in [2.75, 3.05) is 20.2 Å². The Kier molecular flexibility index (Phi) is 6.84. The van der Waals surface area contributed by atoms with E-state index in [0.717, 1.165) is 32.9 Å². The Labute approximate surface area is 238 Å². The van der Waals surface area contributed by atoms with E-state index >= 15 is 0 Å². The molecule has 7 nitrogen and oxygen atoms in total. The van der Waals surface area contributed by atoms with E-state index < -0.39 is 11.3 Å². The second-order valence-corrected chi connectivity index (χ2v) is 10.9. The van der Waals surface area contributed by atoms with Crippen LogP contribution in [0.2, 0.25) is 0 Å². The average Bonchev–Trinajstić information content (AvgIpc) is 3.36. The fourth-order valence-electron chi connectivity index (χ4n) is 6.52. The minimum absolute atomic E-state index is 0.0286. The van der Waals surface area contributed by atoms with E-state index in [1.165, 1.54) is 0 Å². The molecule has 0 radical (unpaired) electrons. The molecule has 0 saturated carbocycles. The summed E-state index contributed by atoms with van der Waals surface area (Å²) in [6, 6.07) is 31.8. The second kappa shape index (κ2) is 10.6. The van der Waals surface area contributed by atoms with Crippen molar-refractivity contribution in [1.82, 2.24) is 14.5 Å². The van der Waals surface area contributed by atoms with Crippen LogP contribution in [0, 0.1) is 16.7 Å². The quantitative estimate of drug-likeness (QED) is 0.283. The zero-order chi connectivity index (χ0) is 28.6. The van der Waals surface area contributed by atoms with Crippen molar-refractivity contribution in [1.29, 1.82) is 5.26 Å². The van der Waals surface area contributed by atoms with Gasteiger partial charge in [-0.1, -0.05) is 72.8 Å². The fraction of sp³-hybridized carbons (Fsp3) is 0.265. The summed E-state index contributed by atoms with van der Waals surface area (Å²) in [5.74, 6) is -0.151.